The third kappa shape index (κ3) is 7.51. The van der Waals surface area contributed by atoms with Gasteiger partial charge in [0.2, 0.25) is 11.8 Å². The Kier molecular flexibility index (Phi) is 9.66. The number of hydrogen-bond acceptors (Lipinski definition) is 4. The predicted molar refractivity (Wildman–Crippen MR) is 150 cm³/mol. The van der Waals surface area contributed by atoms with E-state index in [1.54, 1.807) is 17.0 Å². The number of amides is 2. The van der Waals surface area contributed by atoms with Crippen LogP contribution in [-0.4, -0.2) is 42.0 Å². The highest BCUT2D eigenvalue weighted by Gasteiger charge is 2.31. The normalized spacial score (nSPS) is 13.9. The van der Waals surface area contributed by atoms with Crippen LogP contribution >= 0.6 is 11.6 Å². The van der Waals surface area contributed by atoms with Gasteiger partial charge in [0.25, 0.3) is 0 Å². The number of ether oxygens (including phenoxy) is 2. The van der Waals surface area contributed by atoms with E-state index in [0.29, 0.717) is 43.4 Å². The Morgan fingerprint density at radius 3 is 2.32 bits per heavy atom. The Bertz CT molecular complexity index is 1220. The molecule has 0 bridgehead atoms. The van der Waals surface area contributed by atoms with Crippen molar-refractivity contribution in [1.82, 2.24) is 10.2 Å². The van der Waals surface area contributed by atoms with E-state index in [-0.39, 0.29) is 24.3 Å². The molecule has 0 saturated carbocycles. The lowest BCUT2D eigenvalue weighted by Gasteiger charge is -2.32. The molecule has 1 aliphatic heterocycles. The molecule has 1 N–H and O–H groups in total. The van der Waals surface area contributed by atoms with Gasteiger partial charge in [0.1, 0.15) is 19.3 Å². The second-order valence-electron chi connectivity index (χ2n) is 9.65. The number of nitrogens with zero attached hydrogens (tertiary/aromatic N) is 1. The zero-order valence-corrected chi connectivity index (χ0v) is 22.7. The van der Waals surface area contributed by atoms with E-state index in [0.717, 1.165) is 28.9 Å². The van der Waals surface area contributed by atoms with Crippen LogP contribution in [0.3, 0.4) is 0 Å². The molecular formula is C31H35ClN2O4. The number of aryl methyl sites for hydroxylation is 1. The highest BCUT2D eigenvalue weighted by molar-refractivity contribution is 6.30. The number of halogens is 1. The lowest BCUT2D eigenvalue weighted by Crippen LogP contribution is -2.52. The van der Waals surface area contributed by atoms with Gasteiger partial charge in [-0.2, -0.15) is 0 Å². The van der Waals surface area contributed by atoms with Gasteiger partial charge in [-0.05, 0) is 60.7 Å². The molecule has 0 saturated heterocycles. The third-order valence-corrected chi connectivity index (χ3v) is 7.02. The molecule has 3 aromatic rings. The first-order valence-corrected chi connectivity index (χ1v) is 13.6. The van der Waals surface area contributed by atoms with Gasteiger partial charge in [0, 0.05) is 30.5 Å². The van der Waals surface area contributed by atoms with Crippen molar-refractivity contribution in [3.8, 4) is 11.5 Å². The molecule has 0 unspecified atom stereocenters. The van der Waals surface area contributed by atoms with Gasteiger partial charge < -0.3 is 19.7 Å². The maximum atomic E-state index is 13.8. The largest absolute Gasteiger partial charge is 0.486 e. The molecule has 1 heterocycles. The Morgan fingerprint density at radius 1 is 0.921 bits per heavy atom. The Labute approximate surface area is 229 Å². The van der Waals surface area contributed by atoms with E-state index < -0.39 is 6.04 Å². The van der Waals surface area contributed by atoms with E-state index in [2.05, 4.69) is 5.32 Å². The molecule has 38 heavy (non-hydrogen) atoms. The van der Waals surface area contributed by atoms with Crippen LogP contribution in [0.15, 0.2) is 72.8 Å². The third-order valence-electron chi connectivity index (χ3n) is 6.77. The lowest BCUT2D eigenvalue weighted by atomic mass is 10.0. The fourth-order valence-corrected chi connectivity index (χ4v) is 4.55. The van der Waals surface area contributed by atoms with Gasteiger partial charge in [-0.15, -0.1) is 0 Å². The van der Waals surface area contributed by atoms with Crippen molar-refractivity contribution >= 4 is 23.4 Å². The van der Waals surface area contributed by atoms with Crippen LogP contribution in [0.1, 0.15) is 43.4 Å². The van der Waals surface area contributed by atoms with Crippen molar-refractivity contribution in [1.29, 1.82) is 0 Å². The average molecular weight is 535 g/mol. The van der Waals surface area contributed by atoms with Crippen LogP contribution in [0.5, 0.6) is 11.5 Å². The summed E-state index contributed by atoms with van der Waals surface area (Å²) in [7, 11) is 0. The summed E-state index contributed by atoms with van der Waals surface area (Å²) in [6, 6.07) is 22.4. The highest BCUT2D eigenvalue weighted by Crippen LogP contribution is 2.31. The Hall–Kier alpha value is -3.51. The van der Waals surface area contributed by atoms with E-state index in [9.17, 15) is 9.59 Å². The average Bonchev–Trinajstić information content (AvgIpc) is 2.94. The molecule has 0 spiro atoms. The number of carbonyl (C=O) groups is 2. The fourth-order valence-electron chi connectivity index (χ4n) is 4.42. The Morgan fingerprint density at radius 2 is 1.61 bits per heavy atom. The number of carbonyl (C=O) groups excluding carboxylic acids is 2. The van der Waals surface area contributed by atoms with Crippen LogP contribution in [-0.2, 0) is 29.0 Å². The molecule has 3 aromatic carbocycles. The van der Waals surface area contributed by atoms with Crippen molar-refractivity contribution in [2.45, 2.75) is 58.2 Å². The minimum atomic E-state index is -0.658. The van der Waals surface area contributed by atoms with E-state index in [1.807, 2.05) is 74.5 Å². The molecule has 7 heteroatoms. The monoisotopic (exact) mass is 534 g/mol. The van der Waals surface area contributed by atoms with Crippen LogP contribution in [0.2, 0.25) is 5.02 Å². The van der Waals surface area contributed by atoms with Gasteiger partial charge in [0.15, 0.2) is 11.5 Å². The van der Waals surface area contributed by atoms with E-state index in [4.69, 9.17) is 21.1 Å². The molecule has 2 atom stereocenters. The van der Waals surface area contributed by atoms with E-state index >= 15 is 0 Å². The summed E-state index contributed by atoms with van der Waals surface area (Å²) in [5, 5.41) is 3.73. The number of nitrogens with one attached hydrogen (secondary N) is 1. The molecular weight excluding hydrogens is 500 g/mol. The summed E-state index contributed by atoms with van der Waals surface area (Å²) >= 11 is 6.11. The standard InChI is InChI=1S/C31H35ClN2O4/c1-3-22(2)33-31(36)27(19-23-7-5-4-6-8-23)34(21-25-9-13-26(32)14-10-25)30(35)16-12-24-11-15-28-29(20-24)38-18-17-37-28/h4-11,13-15,20,22,27H,3,12,16-19,21H2,1-2H3,(H,33,36)/t22-,27+/m0/s1. The molecule has 0 fully saturated rings. The zero-order valence-electron chi connectivity index (χ0n) is 22.0. The summed E-state index contributed by atoms with van der Waals surface area (Å²) < 4.78 is 11.3. The van der Waals surface area contributed by atoms with Gasteiger partial charge >= 0.3 is 0 Å². The maximum absolute atomic E-state index is 13.8. The zero-order chi connectivity index (χ0) is 26.9. The van der Waals surface area contributed by atoms with E-state index in [1.165, 1.54) is 0 Å². The number of rotatable bonds is 11. The molecule has 0 aliphatic carbocycles. The second kappa shape index (κ2) is 13.3. The van der Waals surface area contributed by atoms with Gasteiger partial charge in [-0.3, -0.25) is 9.59 Å². The summed E-state index contributed by atoms with van der Waals surface area (Å²) in [6.45, 7) is 5.36. The quantitative estimate of drug-likeness (QED) is 0.348. The molecule has 200 valence electrons. The number of benzene rings is 3. The second-order valence-corrected chi connectivity index (χ2v) is 10.1. The minimum absolute atomic E-state index is 0.00553. The highest BCUT2D eigenvalue weighted by atomic mass is 35.5. The summed E-state index contributed by atoms with van der Waals surface area (Å²) in [5.41, 5.74) is 2.90. The predicted octanol–water partition coefficient (Wildman–Crippen LogP) is 5.60. The Balaban J connectivity index is 1.59. The molecule has 0 radical (unpaired) electrons. The van der Waals surface area contributed by atoms with Crippen molar-refractivity contribution in [3.05, 3.63) is 94.5 Å². The van der Waals surface area contributed by atoms with Crippen LogP contribution in [0, 0.1) is 0 Å². The summed E-state index contributed by atoms with van der Waals surface area (Å²) in [5.74, 6) is 1.19. The van der Waals surface area contributed by atoms with Crippen LogP contribution < -0.4 is 14.8 Å². The summed E-state index contributed by atoms with van der Waals surface area (Å²) in [4.78, 5) is 29.1. The smallest absolute Gasteiger partial charge is 0.243 e. The molecule has 4 rings (SSSR count). The minimum Gasteiger partial charge on any atom is -0.486 e. The first-order valence-electron chi connectivity index (χ1n) is 13.2. The van der Waals surface area contributed by atoms with Crippen LogP contribution in [0.25, 0.3) is 0 Å². The van der Waals surface area contributed by atoms with Crippen molar-refractivity contribution in [3.63, 3.8) is 0 Å². The van der Waals surface area contributed by atoms with Crippen LogP contribution in [0.4, 0.5) is 0 Å². The maximum Gasteiger partial charge on any atom is 0.243 e. The van der Waals surface area contributed by atoms with Crippen molar-refractivity contribution < 1.29 is 19.1 Å². The first-order chi connectivity index (χ1) is 18.4. The molecule has 1 aliphatic rings. The van der Waals surface area contributed by atoms with Crippen molar-refractivity contribution in [2.75, 3.05) is 13.2 Å². The topological polar surface area (TPSA) is 67.9 Å². The fraction of sp³-hybridized carbons (Fsp3) is 0.355. The molecule has 2 amide bonds. The lowest BCUT2D eigenvalue weighted by molar-refractivity contribution is -0.141. The van der Waals surface area contributed by atoms with Gasteiger partial charge in [-0.1, -0.05) is 67.1 Å². The van der Waals surface area contributed by atoms with Crippen molar-refractivity contribution in [2.24, 2.45) is 0 Å². The van der Waals surface area contributed by atoms with Gasteiger partial charge in [-0.25, -0.2) is 0 Å². The number of hydrogen-bond donors (Lipinski definition) is 1. The summed E-state index contributed by atoms with van der Waals surface area (Å²) in [6.07, 6.45) is 2.01. The molecule has 6 nitrogen and oxygen atoms in total. The SMILES string of the molecule is CC[C@H](C)NC(=O)[C@@H](Cc1ccccc1)N(Cc1ccc(Cl)cc1)C(=O)CCc1ccc2c(c1)OCCO2. The first kappa shape index (κ1) is 27.5. The number of fused-ring (bicyclic) bond motifs is 1. The van der Waals surface area contributed by atoms with Gasteiger partial charge in [0.05, 0.1) is 0 Å². The molecule has 0 aromatic heterocycles.